The van der Waals surface area contributed by atoms with E-state index in [4.69, 9.17) is 9.47 Å². The number of thioether (sulfide) groups is 1. The zero-order chi connectivity index (χ0) is 26.6. The summed E-state index contributed by atoms with van der Waals surface area (Å²) in [5.74, 6) is 0.139. The molecule has 36 heavy (non-hydrogen) atoms. The van der Waals surface area contributed by atoms with Crippen LogP contribution in [0.25, 0.3) is 0 Å². The monoisotopic (exact) mass is 531 g/mol. The van der Waals surface area contributed by atoms with Crippen molar-refractivity contribution in [2.45, 2.75) is 32.0 Å². The second kappa shape index (κ2) is 11.6. The van der Waals surface area contributed by atoms with E-state index in [0.29, 0.717) is 21.4 Å². The lowest BCUT2D eigenvalue weighted by atomic mass is 10.1. The van der Waals surface area contributed by atoms with Crippen LogP contribution in [0.2, 0.25) is 0 Å². The van der Waals surface area contributed by atoms with E-state index in [1.165, 1.54) is 23.8 Å². The van der Waals surface area contributed by atoms with E-state index in [9.17, 15) is 14.4 Å². The number of anilines is 1. The third kappa shape index (κ3) is 6.05. The van der Waals surface area contributed by atoms with Gasteiger partial charge < -0.3 is 24.3 Å². The SMILES string of the molecule is COC(=O)c1c(NC(=O)CSc2nnc(C(C)Oc3cccc(C)c3)n2C)sc(C(=O)N(C)C)c1C. The molecule has 0 bridgehead atoms. The fourth-order valence-electron chi connectivity index (χ4n) is 3.40. The van der Waals surface area contributed by atoms with Gasteiger partial charge in [0.25, 0.3) is 5.91 Å². The minimum Gasteiger partial charge on any atom is -0.483 e. The van der Waals surface area contributed by atoms with Crippen molar-refractivity contribution in [1.29, 1.82) is 0 Å². The summed E-state index contributed by atoms with van der Waals surface area (Å²) in [6, 6.07) is 7.74. The number of nitrogens with one attached hydrogen (secondary N) is 1. The quantitative estimate of drug-likeness (QED) is 0.327. The summed E-state index contributed by atoms with van der Waals surface area (Å²) in [6.07, 6.45) is -0.350. The van der Waals surface area contributed by atoms with Crippen molar-refractivity contribution in [3.63, 3.8) is 0 Å². The number of hydrogen-bond acceptors (Lipinski definition) is 9. The zero-order valence-corrected chi connectivity index (χ0v) is 22.9. The van der Waals surface area contributed by atoms with Crippen molar-refractivity contribution >= 4 is 45.9 Å². The fourth-order valence-corrected chi connectivity index (χ4v) is 5.35. The van der Waals surface area contributed by atoms with Crippen LogP contribution in [0.1, 0.15) is 50.0 Å². The molecule has 3 aromatic rings. The first kappa shape index (κ1) is 27.2. The number of esters is 1. The molecule has 0 aliphatic rings. The van der Waals surface area contributed by atoms with Gasteiger partial charge in [0, 0.05) is 21.1 Å². The molecule has 12 heteroatoms. The van der Waals surface area contributed by atoms with Crippen molar-refractivity contribution in [2.24, 2.45) is 7.05 Å². The third-order valence-corrected chi connectivity index (χ3v) is 7.47. The van der Waals surface area contributed by atoms with Gasteiger partial charge in [-0.15, -0.1) is 21.5 Å². The molecule has 3 rings (SSSR count). The number of aryl methyl sites for hydroxylation is 1. The Morgan fingerprint density at radius 1 is 1.22 bits per heavy atom. The Labute approximate surface area is 218 Å². The summed E-state index contributed by atoms with van der Waals surface area (Å²) in [7, 11) is 6.30. The van der Waals surface area contributed by atoms with Crippen LogP contribution in [0.5, 0.6) is 5.75 Å². The minimum atomic E-state index is -0.620. The van der Waals surface area contributed by atoms with E-state index in [1.54, 1.807) is 25.6 Å². The molecule has 0 fully saturated rings. The lowest BCUT2D eigenvalue weighted by molar-refractivity contribution is -0.113. The van der Waals surface area contributed by atoms with Crippen LogP contribution in [0.3, 0.4) is 0 Å². The zero-order valence-electron chi connectivity index (χ0n) is 21.2. The van der Waals surface area contributed by atoms with Gasteiger partial charge >= 0.3 is 5.97 Å². The minimum absolute atomic E-state index is 0.0214. The molecular weight excluding hydrogens is 502 g/mol. The van der Waals surface area contributed by atoms with E-state index in [1.807, 2.05) is 45.2 Å². The molecule has 2 heterocycles. The van der Waals surface area contributed by atoms with Crippen LogP contribution >= 0.6 is 23.1 Å². The number of carbonyl (C=O) groups is 3. The maximum Gasteiger partial charge on any atom is 0.341 e. The Hall–Kier alpha value is -3.38. The molecule has 1 aromatic carbocycles. The maximum absolute atomic E-state index is 12.7. The average Bonchev–Trinajstić information content (AvgIpc) is 3.35. The van der Waals surface area contributed by atoms with Gasteiger partial charge in [0.1, 0.15) is 10.8 Å². The predicted molar refractivity (Wildman–Crippen MR) is 139 cm³/mol. The fraction of sp³-hybridized carbons (Fsp3) is 0.375. The number of methoxy groups -OCH3 is 1. The van der Waals surface area contributed by atoms with Crippen molar-refractivity contribution in [3.05, 3.63) is 51.7 Å². The number of aromatic nitrogens is 3. The molecule has 10 nitrogen and oxygen atoms in total. The molecule has 2 aromatic heterocycles. The highest BCUT2D eigenvalue weighted by atomic mass is 32.2. The largest absolute Gasteiger partial charge is 0.483 e. The third-order valence-electron chi connectivity index (χ3n) is 5.26. The summed E-state index contributed by atoms with van der Waals surface area (Å²) in [4.78, 5) is 39.4. The Kier molecular flexibility index (Phi) is 8.75. The molecule has 0 radical (unpaired) electrons. The molecule has 2 amide bonds. The number of amides is 2. The molecule has 192 valence electrons. The van der Waals surface area contributed by atoms with Gasteiger partial charge in [0.2, 0.25) is 5.91 Å². The van der Waals surface area contributed by atoms with Gasteiger partial charge in [-0.1, -0.05) is 23.9 Å². The summed E-state index contributed by atoms with van der Waals surface area (Å²) in [5.41, 5.74) is 1.73. The van der Waals surface area contributed by atoms with Crippen LogP contribution in [0.4, 0.5) is 5.00 Å². The van der Waals surface area contributed by atoms with E-state index < -0.39 is 5.97 Å². The number of benzene rings is 1. The maximum atomic E-state index is 12.7. The molecule has 0 spiro atoms. The summed E-state index contributed by atoms with van der Waals surface area (Å²) in [6.45, 7) is 5.53. The van der Waals surface area contributed by atoms with Crippen LogP contribution in [0, 0.1) is 13.8 Å². The van der Waals surface area contributed by atoms with E-state index in [0.717, 1.165) is 22.6 Å². The molecule has 0 saturated heterocycles. The number of ether oxygens (including phenoxy) is 2. The van der Waals surface area contributed by atoms with Crippen LogP contribution in [0.15, 0.2) is 29.4 Å². The van der Waals surface area contributed by atoms with Crippen molar-refractivity contribution in [2.75, 3.05) is 32.3 Å². The first-order valence-electron chi connectivity index (χ1n) is 11.0. The van der Waals surface area contributed by atoms with Crippen LogP contribution in [-0.2, 0) is 16.6 Å². The van der Waals surface area contributed by atoms with E-state index in [2.05, 4.69) is 15.5 Å². The topological polar surface area (TPSA) is 116 Å². The highest BCUT2D eigenvalue weighted by molar-refractivity contribution is 7.99. The number of rotatable bonds is 9. The number of hydrogen-bond donors (Lipinski definition) is 1. The number of carbonyl (C=O) groups excluding carboxylic acids is 3. The standard InChI is InChI=1S/C24H29N5O5S2/c1-13-9-8-10-16(11-13)34-15(3)20-26-27-24(29(20)6)35-12-17(30)25-21-18(23(32)33-7)14(2)19(36-21)22(31)28(4)5/h8-11,15H,12H2,1-7H3,(H,25,30). The molecule has 1 atom stereocenters. The Bertz CT molecular complexity index is 1280. The number of nitrogens with zero attached hydrogens (tertiary/aromatic N) is 4. The second-order valence-corrected chi connectivity index (χ2v) is 10.2. The van der Waals surface area contributed by atoms with Gasteiger partial charge in [-0.2, -0.15) is 0 Å². The molecule has 0 saturated carbocycles. The van der Waals surface area contributed by atoms with E-state index >= 15 is 0 Å². The number of thiophene rings is 1. The second-order valence-electron chi connectivity index (χ2n) is 8.26. The van der Waals surface area contributed by atoms with Crippen LogP contribution in [-0.4, -0.2) is 64.4 Å². The molecule has 0 aliphatic carbocycles. The van der Waals surface area contributed by atoms with E-state index in [-0.39, 0.29) is 34.2 Å². The highest BCUT2D eigenvalue weighted by Crippen LogP contribution is 2.34. The highest BCUT2D eigenvalue weighted by Gasteiger charge is 2.27. The first-order valence-corrected chi connectivity index (χ1v) is 12.8. The lowest BCUT2D eigenvalue weighted by Crippen LogP contribution is -2.21. The van der Waals surface area contributed by atoms with Gasteiger partial charge in [-0.05, 0) is 44.0 Å². The normalized spacial score (nSPS) is 11.6. The van der Waals surface area contributed by atoms with Gasteiger partial charge in [0.05, 0.1) is 23.3 Å². The lowest BCUT2D eigenvalue weighted by Gasteiger charge is -2.14. The smallest absolute Gasteiger partial charge is 0.341 e. The van der Waals surface area contributed by atoms with Crippen molar-refractivity contribution < 1.29 is 23.9 Å². The Morgan fingerprint density at radius 2 is 1.94 bits per heavy atom. The summed E-state index contributed by atoms with van der Waals surface area (Å²) in [5, 5.41) is 12.0. The molecule has 1 N–H and O–H groups in total. The van der Waals surface area contributed by atoms with Crippen LogP contribution < -0.4 is 10.1 Å². The summed E-state index contributed by atoms with van der Waals surface area (Å²) >= 11 is 2.24. The summed E-state index contributed by atoms with van der Waals surface area (Å²) < 4.78 is 12.6. The van der Waals surface area contributed by atoms with Gasteiger partial charge in [-0.3, -0.25) is 9.59 Å². The van der Waals surface area contributed by atoms with Crippen molar-refractivity contribution in [1.82, 2.24) is 19.7 Å². The Morgan fingerprint density at radius 3 is 2.58 bits per heavy atom. The molecule has 0 aliphatic heterocycles. The predicted octanol–water partition coefficient (Wildman–Crippen LogP) is 3.85. The molecular formula is C24H29N5O5S2. The van der Waals surface area contributed by atoms with Gasteiger partial charge in [-0.25, -0.2) is 4.79 Å². The Balaban J connectivity index is 1.69. The molecule has 1 unspecified atom stereocenters. The van der Waals surface area contributed by atoms with Gasteiger partial charge in [0.15, 0.2) is 17.1 Å². The first-order chi connectivity index (χ1) is 17.0. The average molecular weight is 532 g/mol. The van der Waals surface area contributed by atoms with Crippen molar-refractivity contribution in [3.8, 4) is 5.75 Å².